The van der Waals surface area contributed by atoms with Crippen LogP contribution in [-0.4, -0.2) is 20.2 Å². The molecule has 1 saturated carbocycles. The Hall–Kier alpha value is -1.02. The summed E-state index contributed by atoms with van der Waals surface area (Å²) < 4.78 is 5.60. The first-order valence-corrected chi connectivity index (χ1v) is 7.51. The number of methoxy groups -OCH3 is 1. The fourth-order valence-electron chi connectivity index (χ4n) is 3.39. The smallest absolute Gasteiger partial charge is 0.122 e. The van der Waals surface area contributed by atoms with Gasteiger partial charge in [0, 0.05) is 17.5 Å². The van der Waals surface area contributed by atoms with Crippen molar-refractivity contribution in [3.63, 3.8) is 0 Å². The minimum atomic E-state index is 0.286. The average Bonchev–Trinajstić information content (AvgIpc) is 2.38. The molecule has 0 aromatic heterocycles. The highest BCUT2D eigenvalue weighted by atomic mass is 16.5. The maximum atomic E-state index is 5.60. The average molecular weight is 261 g/mol. The van der Waals surface area contributed by atoms with E-state index in [0.717, 1.165) is 24.8 Å². The van der Waals surface area contributed by atoms with Crippen molar-refractivity contribution in [3.05, 3.63) is 29.3 Å². The summed E-state index contributed by atoms with van der Waals surface area (Å²) in [5.41, 5.74) is 3.01. The molecule has 1 aliphatic rings. The van der Waals surface area contributed by atoms with Gasteiger partial charge in [0.15, 0.2) is 0 Å². The molecule has 2 heteroatoms. The van der Waals surface area contributed by atoms with Gasteiger partial charge in [0.2, 0.25) is 0 Å². The third-order valence-electron chi connectivity index (χ3n) is 4.58. The summed E-state index contributed by atoms with van der Waals surface area (Å²) in [6, 6.07) is 6.58. The Balaban J connectivity index is 2.30. The van der Waals surface area contributed by atoms with E-state index in [9.17, 15) is 0 Å². The Kier molecular flexibility index (Phi) is 4.51. The molecule has 2 rings (SSSR count). The molecular formula is C17H27NO. The summed E-state index contributed by atoms with van der Waals surface area (Å²) in [4.78, 5) is 0. The predicted molar refractivity (Wildman–Crippen MR) is 81.0 cm³/mol. The summed E-state index contributed by atoms with van der Waals surface area (Å²) in [5, 5.41) is 3.55. The van der Waals surface area contributed by atoms with Gasteiger partial charge in [0.1, 0.15) is 5.75 Å². The van der Waals surface area contributed by atoms with Crippen molar-refractivity contribution in [1.82, 2.24) is 5.32 Å². The molecule has 1 aromatic rings. The molecule has 19 heavy (non-hydrogen) atoms. The highest BCUT2D eigenvalue weighted by Gasteiger charge is 2.45. The third-order valence-corrected chi connectivity index (χ3v) is 4.58. The second-order valence-electron chi connectivity index (χ2n) is 5.95. The molecule has 0 atom stereocenters. The summed E-state index contributed by atoms with van der Waals surface area (Å²) >= 11 is 0. The van der Waals surface area contributed by atoms with Crippen molar-refractivity contribution in [2.24, 2.45) is 5.92 Å². The fraction of sp³-hybridized carbons (Fsp3) is 0.647. The molecule has 1 aliphatic carbocycles. The van der Waals surface area contributed by atoms with Crippen LogP contribution in [0.3, 0.4) is 0 Å². The van der Waals surface area contributed by atoms with Crippen molar-refractivity contribution < 1.29 is 4.74 Å². The number of rotatable bonds is 6. The minimum absolute atomic E-state index is 0.286. The van der Waals surface area contributed by atoms with Crippen molar-refractivity contribution in [2.75, 3.05) is 20.2 Å². The zero-order valence-electron chi connectivity index (χ0n) is 12.8. The lowest BCUT2D eigenvalue weighted by Crippen LogP contribution is -2.48. The van der Waals surface area contributed by atoms with Crippen molar-refractivity contribution in [2.45, 2.75) is 45.4 Å². The summed E-state index contributed by atoms with van der Waals surface area (Å²) in [5.74, 6) is 1.93. The van der Waals surface area contributed by atoms with Crippen molar-refractivity contribution in [3.8, 4) is 5.75 Å². The molecule has 0 aliphatic heterocycles. The van der Waals surface area contributed by atoms with Crippen LogP contribution in [0.25, 0.3) is 0 Å². The molecule has 0 spiro atoms. The van der Waals surface area contributed by atoms with Gasteiger partial charge in [-0.15, -0.1) is 0 Å². The number of nitrogens with one attached hydrogen (secondary N) is 1. The second kappa shape index (κ2) is 5.96. The lowest BCUT2D eigenvalue weighted by molar-refractivity contribution is 0.131. The Labute approximate surface area is 117 Å². The van der Waals surface area contributed by atoms with E-state index in [2.05, 4.69) is 44.3 Å². The highest BCUT2D eigenvalue weighted by Crippen LogP contribution is 2.51. The van der Waals surface area contributed by atoms with Crippen molar-refractivity contribution >= 4 is 0 Å². The van der Waals surface area contributed by atoms with Gasteiger partial charge in [-0.25, -0.2) is 0 Å². The van der Waals surface area contributed by atoms with Gasteiger partial charge < -0.3 is 10.1 Å². The second-order valence-corrected chi connectivity index (χ2v) is 5.95. The zero-order chi connectivity index (χ0) is 13.9. The first-order chi connectivity index (χ1) is 9.15. The lowest BCUT2D eigenvalue weighted by Gasteiger charge is -2.49. The van der Waals surface area contributed by atoms with E-state index in [1.807, 2.05) is 0 Å². The zero-order valence-corrected chi connectivity index (χ0v) is 12.8. The lowest BCUT2D eigenvalue weighted by atomic mass is 9.57. The van der Waals surface area contributed by atoms with E-state index in [1.54, 1.807) is 7.11 Å². The molecule has 0 bridgehead atoms. The molecule has 0 saturated heterocycles. The van der Waals surface area contributed by atoms with Gasteiger partial charge in [0.05, 0.1) is 7.11 Å². The number of aryl methyl sites for hydroxylation is 1. The van der Waals surface area contributed by atoms with Gasteiger partial charge in [-0.05, 0) is 38.3 Å². The van der Waals surface area contributed by atoms with E-state index in [-0.39, 0.29) is 5.41 Å². The van der Waals surface area contributed by atoms with Crippen LogP contribution < -0.4 is 10.1 Å². The molecule has 0 unspecified atom stereocenters. The molecule has 2 nitrogen and oxygen atoms in total. The van der Waals surface area contributed by atoms with E-state index < -0.39 is 0 Å². The van der Waals surface area contributed by atoms with E-state index in [4.69, 9.17) is 4.74 Å². The monoisotopic (exact) mass is 261 g/mol. The topological polar surface area (TPSA) is 21.3 Å². The normalized spacial score (nSPS) is 26.0. The van der Waals surface area contributed by atoms with Crippen molar-refractivity contribution in [1.29, 1.82) is 0 Å². The summed E-state index contributed by atoms with van der Waals surface area (Å²) in [6.45, 7) is 8.75. The minimum Gasteiger partial charge on any atom is -0.496 e. The Morgan fingerprint density at radius 1 is 1.32 bits per heavy atom. The number of ether oxygens (including phenoxy) is 1. The SMILES string of the molecule is CCNCC1(c2cc(C)ccc2OC)CC(CC)C1. The van der Waals surface area contributed by atoms with Crippen LogP contribution in [0.4, 0.5) is 0 Å². The van der Waals surface area contributed by atoms with Gasteiger partial charge >= 0.3 is 0 Å². The van der Waals surface area contributed by atoms with Crippen LogP contribution in [0.15, 0.2) is 18.2 Å². The van der Waals surface area contributed by atoms with Crippen LogP contribution >= 0.6 is 0 Å². The molecule has 0 heterocycles. The van der Waals surface area contributed by atoms with Gasteiger partial charge in [-0.1, -0.05) is 38.0 Å². The van der Waals surface area contributed by atoms with Crippen LogP contribution in [0.1, 0.15) is 44.2 Å². The number of likely N-dealkylation sites (N-methyl/N-ethyl adjacent to an activating group) is 1. The van der Waals surface area contributed by atoms with Crippen LogP contribution in [-0.2, 0) is 5.41 Å². The predicted octanol–water partition coefficient (Wildman–Crippen LogP) is 3.67. The molecule has 1 N–H and O–H groups in total. The van der Waals surface area contributed by atoms with E-state index in [0.29, 0.717) is 0 Å². The standard InChI is InChI=1S/C17H27NO/c1-5-14-10-17(11-14,12-18-6-2)15-9-13(3)7-8-16(15)19-4/h7-9,14,18H,5-6,10-12H2,1-4H3. The summed E-state index contributed by atoms with van der Waals surface area (Å²) in [6.07, 6.45) is 3.87. The first-order valence-electron chi connectivity index (χ1n) is 7.51. The molecule has 0 amide bonds. The van der Waals surface area contributed by atoms with Crippen LogP contribution in [0.5, 0.6) is 5.75 Å². The maximum Gasteiger partial charge on any atom is 0.122 e. The van der Waals surface area contributed by atoms with Gasteiger partial charge in [-0.3, -0.25) is 0 Å². The summed E-state index contributed by atoms with van der Waals surface area (Å²) in [7, 11) is 1.78. The largest absolute Gasteiger partial charge is 0.496 e. The van der Waals surface area contributed by atoms with Gasteiger partial charge in [0.25, 0.3) is 0 Å². The highest BCUT2D eigenvalue weighted by molar-refractivity contribution is 5.44. The van der Waals surface area contributed by atoms with Crippen LogP contribution in [0, 0.1) is 12.8 Å². The van der Waals surface area contributed by atoms with E-state index in [1.165, 1.54) is 30.4 Å². The quantitative estimate of drug-likeness (QED) is 0.843. The molecular weight excluding hydrogens is 234 g/mol. The first kappa shape index (κ1) is 14.4. The molecule has 0 radical (unpaired) electrons. The Morgan fingerprint density at radius 3 is 2.63 bits per heavy atom. The maximum absolute atomic E-state index is 5.60. The number of benzene rings is 1. The molecule has 1 fully saturated rings. The van der Waals surface area contributed by atoms with Gasteiger partial charge in [-0.2, -0.15) is 0 Å². The Morgan fingerprint density at radius 2 is 2.05 bits per heavy atom. The molecule has 1 aromatic carbocycles. The third kappa shape index (κ3) is 2.79. The van der Waals surface area contributed by atoms with E-state index >= 15 is 0 Å². The number of hydrogen-bond acceptors (Lipinski definition) is 2. The molecule has 106 valence electrons. The van der Waals surface area contributed by atoms with Crippen LogP contribution in [0.2, 0.25) is 0 Å². The fourth-order valence-corrected chi connectivity index (χ4v) is 3.39. The number of hydrogen-bond donors (Lipinski definition) is 1. The Bertz CT molecular complexity index is 416.